The van der Waals surface area contributed by atoms with Crippen LogP contribution in [0.1, 0.15) is 16.7 Å². The van der Waals surface area contributed by atoms with E-state index in [1.165, 1.54) is 99.4 Å². The van der Waals surface area contributed by atoms with Gasteiger partial charge in [0, 0.05) is 0 Å². The van der Waals surface area contributed by atoms with Crippen molar-refractivity contribution in [3.63, 3.8) is 0 Å². The molecule has 0 aliphatic heterocycles. The molecule has 1 aliphatic rings. The van der Waals surface area contributed by atoms with Crippen LogP contribution in [0.25, 0.3) is 75.4 Å². The first-order valence-corrected chi connectivity index (χ1v) is 14.7. The lowest BCUT2D eigenvalue weighted by Gasteiger charge is -2.13. The van der Waals surface area contributed by atoms with Crippen LogP contribution in [-0.4, -0.2) is 0 Å². The fourth-order valence-corrected chi connectivity index (χ4v) is 7.56. The molecule has 0 aromatic heterocycles. The molecular weight excluding hydrogens is 492 g/mol. The van der Waals surface area contributed by atoms with Gasteiger partial charge >= 0.3 is 0 Å². The Balaban J connectivity index is 0.000000117. The molecule has 0 amide bonds. The second kappa shape index (κ2) is 8.53. The van der Waals surface area contributed by atoms with Crippen molar-refractivity contribution in [1.82, 2.24) is 0 Å². The molecule has 0 N–H and O–H groups in total. The van der Waals surface area contributed by atoms with Crippen LogP contribution in [0.4, 0.5) is 0 Å². The third kappa shape index (κ3) is 3.28. The number of hydrogen-bond acceptors (Lipinski definition) is 0. The number of fused-ring (bicyclic) bond motifs is 6. The fourth-order valence-electron chi connectivity index (χ4n) is 7.56. The monoisotopic (exact) mass is 520 g/mol. The Kier molecular flexibility index (Phi) is 4.75. The molecule has 0 spiro atoms. The Labute approximate surface area is 238 Å². The summed E-state index contributed by atoms with van der Waals surface area (Å²) in [5, 5.41) is 19.4. The molecule has 192 valence electrons. The van der Waals surface area contributed by atoms with Crippen molar-refractivity contribution >= 4 is 75.4 Å². The minimum atomic E-state index is 1.19. The molecule has 0 fully saturated rings. The lowest BCUT2D eigenvalue weighted by atomic mass is 9.90. The molecule has 9 aromatic rings. The van der Waals surface area contributed by atoms with Gasteiger partial charge in [-0.3, -0.25) is 0 Å². The Bertz CT molecular complexity index is 2460. The van der Waals surface area contributed by atoms with E-state index in [2.05, 4.69) is 134 Å². The van der Waals surface area contributed by atoms with Crippen molar-refractivity contribution in [3.8, 4) is 0 Å². The van der Waals surface area contributed by atoms with Gasteiger partial charge in [-0.15, -0.1) is 0 Å². The summed E-state index contributed by atoms with van der Waals surface area (Å²) < 4.78 is 0. The van der Waals surface area contributed by atoms with E-state index >= 15 is 0 Å². The maximum absolute atomic E-state index is 2.38. The van der Waals surface area contributed by atoms with Gasteiger partial charge in [-0.1, -0.05) is 115 Å². The summed E-state index contributed by atoms with van der Waals surface area (Å²) in [5.74, 6) is 0. The van der Waals surface area contributed by atoms with E-state index in [1.807, 2.05) is 0 Å². The van der Waals surface area contributed by atoms with Crippen LogP contribution in [0, 0.1) is 6.92 Å². The molecular formula is C41H28. The maximum atomic E-state index is 2.38. The number of rotatable bonds is 0. The predicted molar refractivity (Wildman–Crippen MR) is 179 cm³/mol. The smallest absolute Gasteiger partial charge is 0.00203 e. The minimum absolute atomic E-state index is 1.19. The van der Waals surface area contributed by atoms with E-state index in [4.69, 9.17) is 0 Å². The summed E-state index contributed by atoms with van der Waals surface area (Å²) >= 11 is 0. The summed E-state index contributed by atoms with van der Waals surface area (Å²) in [6.45, 7) is 2.19. The Hall–Kier alpha value is -4.94. The average Bonchev–Trinajstić information content (AvgIpc) is 3.46. The molecule has 1 aliphatic carbocycles. The van der Waals surface area contributed by atoms with Gasteiger partial charge in [-0.2, -0.15) is 0 Å². The fraction of sp³-hybridized carbons (Fsp3) is 0.0732. The van der Waals surface area contributed by atoms with E-state index in [0.29, 0.717) is 0 Å². The summed E-state index contributed by atoms with van der Waals surface area (Å²) in [7, 11) is 0. The first-order valence-electron chi connectivity index (χ1n) is 14.7. The second-order valence-electron chi connectivity index (χ2n) is 11.7. The summed E-state index contributed by atoms with van der Waals surface area (Å²) in [4.78, 5) is 0. The van der Waals surface area contributed by atoms with Gasteiger partial charge in [0.1, 0.15) is 0 Å². The van der Waals surface area contributed by atoms with Crippen molar-refractivity contribution in [3.05, 3.63) is 144 Å². The molecule has 0 heterocycles. The number of aryl methyl sites for hydroxylation is 3. The quantitative estimate of drug-likeness (QED) is 0.138. The van der Waals surface area contributed by atoms with Crippen LogP contribution in [0.2, 0.25) is 0 Å². The SMILES string of the molecule is Cc1cccc2c1cc1ccc3cccc4ccc2c1c34.c1cc2c3c(c4ccc5ccccc5c4cc3c1)CC2. The molecule has 0 atom stereocenters. The number of hydrogen-bond donors (Lipinski definition) is 0. The normalized spacial score (nSPS) is 12.8. The largest absolute Gasteiger partial charge is 0.0616 e. The zero-order valence-corrected chi connectivity index (χ0v) is 23.0. The highest BCUT2D eigenvalue weighted by Crippen LogP contribution is 2.40. The predicted octanol–water partition coefficient (Wildman–Crippen LogP) is 11.3. The lowest BCUT2D eigenvalue weighted by molar-refractivity contribution is 1.03. The molecule has 10 rings (SSSR count). The van der Waals surface area contributed by atoms with Gasteiger partial charge in [0.15, 0.2) is 0 Å². The molecule has 0 bridgehead atoms. The highest BCUT2D eigenvalue weighted by atomic mass is 14.2. The zero-order valence-electron chi connectivity index (χ0n) is 23.0. The summed E-state index contributed by atoms with van der Waals surface area (Å²) in [6, 6.07) is 47.0. The first kappa shape index (κ1) is 22.8. The highest BCUT2D eigenvalue weighted by molar-refractivity contribution is 6.29. The van der Waals surface area contributed by atoms with E-state index in [9.17, 15) is 0 Å². The van der Waals surface area contributed by atoms with Crippen molar-refractivity contribution in [2.75, 3.05) is 0 Å². The Morgan fingerprint density at radius 1 is 0.366 bits per heavy atom. The van der Waals surface area contributed by atoms with E-state index < -0.39 is 0 Å². The van der Waals surface area contributed by atoms with E-state index in [-0.39, 0.29) is 0 Å². The van der Waals surface area contributed by atoms with Gasteiger partial charge in [0.2, 0.25) is 0 Å². The second-order valence-corrected chi connectivity index (χ2v) is 11.7. The maximum Gasteiger partial charge on any atom is -0.00203 e. The average molecular weight is 521 g/mol. The van der Waals surface area contributed by atoms with Crippen LogP contribution in [0.3, 0.4) is 0 Å². The van der Waals surface area contributed by atoms with Crippen molar-refractivity contribution in [2.45, 2.75) is 19.8 Å². The summed E-state index contributed by atoms with van der Waals surface area (Å²) in [6.07, 6.45) is 2.38. The molecule has 0 nitrogen and oxygen atoms in total. The van der Waals surface area contributed by atoms with Crippen LogP contribution in [0.5, 0.6) is 0 Å². The van der Waals surface area contributed by atoms with Gasteiger partial charge in [0.05, 0.1) is 0 Å². The number of benzene rings is 9. The van der Waals surface area contributed by atoms with Crippen LogP contribution in [-0.2, 0) is 12.8 Å². The minimum Gasteiger partial charge on any atom is -0.0616 e. The Morgan fingerprint density at radius 3 is 1.93 bits per heavy atom. The Morgan fingerprint density at radius 2 is 1.00 bits per heavy atom. The lowest BCUT2D eigenvalue weighted by Crippen LogP contribution is -1.86. The van der Waals surface area contributed by atoms with Crippen molar-refractivity contribution < 1.29 is 0 Å². The van der Waals surface area contributed by atoms with Gasteiger partial charge in [-0.25, -0.2) is 0 Å². The van der Waals surface area contributed by atoms with Crippen LogP contribution in [0.15, 0.2) is 127 Å². The van der Waals surface area contributed by atoms with E-state index in [1.54, 1.807) is 5.56 Å². The van der Waals surface area contributed by atoms with Crippen LogP contribution < -0.4 is 0 Å². The van der Waals surface area contributed by atoms with Gasteiger partial charge in [0.25, 0.3) is 0 Å². The van der Waals surface area contributed by atoms with Gasteiger partial charge in [-0.05, 0) is 124 Å². The van der Waals surface area contributed by atoms with Crippen molar-refractivity contribution in [2.24, 2.45) is 0 Å². The molecule has 0 saturated heterocycles. The molecule has 0 saturated carbocycles. The molecule has 0 heteroatoms. The zero-order chi connectivity index (χ0) is 27.1. The summed E-state index contributed by atoms with van der Waals surface area (Å²) in [5.41, 5.74) is 4.42. The first-order chi connectivity index (χ1) is 20.2. The third-order valence-corrected chi connectivity index (χ3v) is 9.45. The van der Waals surface area contributed by atoms with E-state index in [0.717, 1.165) is 0 Å². The molecule has 41 heavy (non-hydrogen) atoms. The topological polar surface area (TPSA) is 0 Å². The molecule has 0 radical (unpaired) electrons. The van der Waals surface area contributed by atoms with Crippen LogP contribution >= 0.6 is 0 Å². The standard InChI is InChI=1S/C21H14.C20H14/c1-13-4-2-7-17-18-11-10-15-6-3-5-14-8-9-16(12-19(13)17)21(18)20(14)15;1-2-7-16-13(4-1)8-10-17-18-11-9-14-5-3-6-15(20(14)18)12-19(16)17/h2-12H,1H3;1-8,10,12H,9,11H2. The third-order valence-electron chi connectivity index (χ3n) is 9.45. The highest BCUT2D eigenvalue weighted by Gasteiger charge is 2.17. The van der Waals surface area contributed by atoms with Crippen molar-refractivity contribution in [1.29, 1.82) is 0 Å². The molecule has 0 unspecified atom stereocenters. The molecule has 9 aromatic carbocycles. The van der Waals surface area contributed by atoms with Gasteiger partial charge < -0.3 is 0 Å².